The predicted octanol–water partition coefficient (Wildman–Crippen LogP) is 0.738. The Balaban J connectivity index is 3.50. The van der Waals surface area contributed by atoms with E-state index in [4.69, 9.17) is 18.0 Å². The molecule has 0 aromatic rings. The van der Waals surface area contributed by atoms with E-state index in [9.17, 15) is 0 Å². The summed E-state index contributed by atoms with van der Waals surface area (Å²) >= 11 is 4.70. The summed E-state index contributed by atoms with van der Waals surface area (Å²) in [5.41, 5.74) is 5.30. The van der Waals surface area contributed by atoms with Gasteiger partial charge in [0, 0.05) is 13.6 Å². The summed E-state index contributed by atoms with van der Waals surface area (Å²) in [5.74, 6) is 0. The molecule has 0 heterocycles. The Hall–Kier alpha value is -0.570. The van der Waals surface area contributed by atoms with Crippen molar-refractivity contribution in [1.82, 2.24) is 4.90 Å². The lowest BCUT2D eigenvalue weighted by molar-refractivity contribution is 0.568. The molecule has 2 N–H and O–H groups in total. The van der Waals surface area contributed by atoms with Crippen molar-refractivity contribution >= 4 is 17.3 Å². The van der Waals surface area contributed by atoms with Gasteiger partial charge in [-0.2, -0.15) is 0 Å². The number of rotatable bonds is 2. The highest BCUT2D eigenvalue weighted by Crippen LogP contribution is 1.81. The van der Waals surface area contributed by atoms with E-state index in [1.807, 2.05) is 26.1 Å². The van der Waals surface area contributed by atoms with Crippen LogP contribution in [0.25, 0.3) is 0 Å². The number of hydrogen-bond donors (Lipinski definition) is 1. The summed E-state index contributed by atoms with van der Waals surface area (Å²) in [6.45, 7) is 2.76. The molecule has 9 heavy (non-hydrogen) atoms. The minimum absolute atomic E-state index is 0.438. The smallest absolute Gasteiger partial charge is 0.166 e. The molecule has 0 bridgehead atoms. The molecule has 0 aliphatic carbocycles. The molecule has 0 unspecified atom stereocenters. The van der Waals surface area contributed by atoms with Gasteiger partial charge < -0.3 is 10.6 Å². The third-order valence-electron chi connectivity index (χ3n) is 0.991. The molecule has 0 atom stereocenters. The highest BCUT2D eigenvalue weighted by atomic mass is 32.1. The molecule has 3 heteroatoms. The van der Waals surface area contributed by atoms with Gasteiger partial charge in [-0.15, -0.1) is 0 Å². The zero-order chi connectivity index (χ0) is 7.28. The number of nitrogens with two attached hydrogens (primary N) is 1. The van der Waals surface area contributed by atoms with Crippen LogP contribution in [0.5, 0.6) is 0 Å². The molecular weight excluding hydrogens is 132 g/mol. The van der Waals surface area contributed by atoms with Crippen LogP contribution in [0.4, 0.5) is 0 Å². The van der Waals surface area contributed by atoms with E-state index in [1.165, 1.54) is 0 Å². The SMILES string of the molecule is CC=CCN(C)C(N)=S. The quantitative estimate of drug-likeness (QED) is 0.458. The molecule has 0 radical (unpaired) electrons. The molecule has 2 nitrogen and oxygen atoms in total. The summed E-state index contributed by atoms with van der Waals surface area (Å²) in [5, 5.41) is 0.438. The molecule has 0 rings (SSSR count). The van der Waals surface area contributed by atoms with Crippen LogP contribution in [0.2, 0.25) is 0 Å². The average Bonchev–Trinajstić information content (AvgIpc) is 1.82. The molecule has 52 valence electrons. The average molecular weight is 144 g/mol. The van der Waals surface area contributed by atoms with Crippen molar-refractivity contribution in [1.29, 1.82) is 0 Å². The van der Waals surface area contributed by atoms with E-state index in [0.29, 0.717) is 5.11 Å². The Kier molecular flexibility index (Phi) is 4.05. The van der Waals surface area contributed by atoms with Gasteiger partial charge in [-0.25, -0.2) is 0 Å². The van der Waals surface area contributed by atoms with Gasteiger partial charge in [0.25, 0.3) is 0 Å². The number of thiocarbonyl (C=S) groups is 1. The topological polar surface area (TPSA) is 29.3 Å². The van der Waals surface area contributed by atoms with Crippen molar-refractivity contribution in [3.8, 4) is 0 Å². The monoisotopic (exact) mass is 144 g/mol. The van der Waals surface area contributed by atoms with Crippen LogP contribution in [0, 0.1) is 0 Å². The second kappa shape index (κ2) is 4.32. The highest BCUT2D eigenvalue weighted by Gasteiger charge is 1.92. The molecule has 0 fully saturated rings. The van der Waals surface area contributed by atoms with Gasteiger partial charge in [-0.05, 0) is 19.1 Å². The van der Waals surface area contributed by atoms with E-state index in [-0.39, 0.29) is 0 Å². The molecule has 0 aliphatic heterocycles. The Morgan fingerprint density at radius 1 is 1.78 bits per heavy atom. The van der Waals surface area contributed by atoms with E-state index in [0.717, 1.165) is 6.54 Å². The van der Waals surface area contributed by atoms with E-state index >= 15 is 0 Å². The maximum atomic E-state index is 5.30. The first-order valence-corrected chi connectivity index (χ1v) is 3.21. The van der Waals surface area contributed by atoms with Crippen LogP contribution < -0.4 is 5.73 Å². The highest BCUT2D eigenvalue weighted by molar-refractivity contribution is 7.80. The van der Waals surface area contributed by atoms with Crippen LogP contribution in [-0.2, 0) is 0 Å². The molecule has 0 aliphatic rings. The maximum absolute atomic E-state index is 5.30. The Morgan fingerprint density at radius 3 is 2.67 bits per heavy atom. The van der Waals surface area contributed by atoms with Crippen molar-refractivity contribution in [3.05, 3.63) is 12.2 Å². The first kappa shape index (κ1) is 8.43. The van der Waals surface area contributed by atoms with Gasteiger partial charge in [0.2, 0.25) is 0 Å². The summed E-state index contributed by atoms with van der Waals surface area (Å²) in [6, 6.07) is 0. The largest absolute Gasteiger partial charge is 0.376 e. The number of likely N-dealkylation sites (N-methyl/N-ethyl adjacent to an activating group) is 1. The van der Waals surface area contributed by atoms with Crippen LogP contribution >= 0.6 is 12.2 Å². The predicted molar refractivity (Wildman–Crippen MR) is 44.2 cm³/mol. The van der Waals surface area contributed by atoms with Crippen LogP contribution in [0.1, 0.15) is 6.92 Å². The minimum Gasteiger partial charge on any atom is -0.376 e. The Morgan fingerprint density at radius 2 is 2.33 bits per heavy atom. The summed E-state index contributed by atoms with van der Waals surface area (Å²) in [4.78, 5) is 1.80. The summed E-state index contributed by atoms with van der Waals surface area (Å²) in [6.07, 6.45) is 3.97. The first-order valence-electron chi connectivity index (χ1n) is 2.80. The third-order valence-corrected chi connectivity index (χ3v) is 1.30. The fourth-order valence-electron chi connectivity index (χ4n) is 0.353. The van der Waals surface area contributed by atoms with Gasteiger partial charge in [0.1, 0.15) is 0 Å². The summed E-state index contributed by atoms with van der Waals surface area (Å²) < 4.78 is 0. The molecule has 0 saturated heterocycles. The zero-order valence-corrected chi connectivity index (χ0v) is 6.61. The Labute approximate surface area is 61.3 Å². The first-order chi connectivity index (χ1) is 4.18. The van der Waals surface area contributed by atoms with Gasteiger partial charge in [0.15, 0.2) is 5.11 Å². The van der Waals surface area contributed by atoms with Crippen molar-refractivity contribution in [3.63, 3.8) is 0 Å². The van der Waals surface area contributed by atoms with E-state index < -0.39 is 0 Å². The third kappa shape index (κ3) is 3.97. The maximum Gasteiger partial charge on any atom is 0.166 e. The molecule has 0 aromatic heterocycles. The zero-order valence-electron chi connectivity index (χ0n) is 5.79. The van der Waals surface area contributed by atoms with Gasteiger partial charge in [-0.1, -0.05) is 12.2 Å². The van der Waals surface area contributed by atoms with E-state index in [2.05, 4.69) is 0 Å². The Bertz CT molecular complexity index is 120. The molecule has 0 spiro atoms. The molecule has 0 amide bonds. The van der Waals surface area contributed by atoms with Gasteiger partial charge in [0.05, 0.1) is 0 Å². The number of hydrogen-bond acceptors (Lipinski definition) is 1. The van der Waals surface area contributed by atoms with Crippen molar-refractivity contribution < 1.29 is 0 Å². The van der Waals surface area contributed by atoms with E-state index in [1.54, 1.807) is 4.90 Å². The van der Waals surface area contributed by atoms with Crippen LogP contribution in [-0.4, -0.2) is 23.6 Å². The molecule has 0 aromatic carbocycles. The molecular formula is C6H12N2S. The lowest BCUT2D eigenvalue weighted by atomic mass is 10.5. The molecule has 0 saturated carbocycles. The fraction of sp³-hybridized carbons (Fsp3) is 0.500. The van der Waals surface area contributed by atoms with Crippen molar-refractivity contribution in [2.24, 2.45) is 5.73 Å². The second-order valence-electron chi connectivity index (χ2n) is 1.79. The van der Waals surface area contributed by atoms with Crippen molar-refractivity contribution in [2.45, 2.75) is 6.92 Å². The lowest BCUT2D eigenvalue weighted by Gasteiger charge is -2.12. The fourth-order valence-corrected chi connectivity index (χ4v) is 0.428. The van der Waals surface area contributed by atoms with Crippen molar-refractivity contribution in [2.75, 3.05) is 13.6 Å². The number of nitrogens with zero attached hydrogens (tertiary/aromatic N) is 1. The lowest BCUT2D eigenvalue weighted by Crippen LogP contribution is -2.31. The van der Waals surface area contributed by atoms with Crippen LogP contribution in [0.3, 0.4) is 0 Å². The standard InChI is InChI=1S/C6H12N2S/c1-3-4-5-8(2)6(7)9/h3-4H,5H2,1-2H3,(H2,7,9). The number of allylic oxidation sites excluding steroid dienone is 1. The van der Waals surface area contributed by atoms with Gasteiger partial charge >= 0.3 is 0 Å². The van der Waals surface area contributed by atoms with Crippen LogP contribution in [0.15, 0.2) is 12.2 Å². The minimum atomic E-state index is 0.438. The normalized spacial score (nSPS) is 10.0. The van der Waals surface area contributed by atoms with Gasteiger partial charge in [-0.3, -0.25) is 0 Å². The summed E-state index contributed by atoms with van der Waals surface area (Å²) in [7, 11) is 1.86. The second-order valence-corrected chi connectivity index (χ2v) is 2.21.